The van der Waals surface area contributed by atoms with Gasteiger partial charge < -0.3 is 30.5 Å². The lowest BCUT2D eigenvalue weighted by Crippen LogP contribution is -2.58. The molecule has 0 saturated carbocycles. The molecule has 0 bridgehead atoms. The van der Waals surface area contributed by atoms with Crippen LogP contribution in [0.4, 0.5) is 19.0 Å². The first-order chi connectivity index (χ1) is 17.5. The van der Waals surface area contributed by atoms with Crippen LogP contribution in [0.3, 0.4) is 0 Å². The van der Waals surface area contributed by atoms with Crippen molar-refractivity contribution in [3.8, 4) is 0 Å². The van der Waals surface area contributed by atoms with Crippen LogP contribution in [0.1, 0.15) is 41.0 Å². The Morgan fingerprint density at radius 3 is 2.59 bits per heavy atom. The molecule has 12 heteroatoms. The Bertz CT molecular complexity index is 1100. The number of carbonyl (C=O) groups is 1. The van der Waals surface area contributed by atoms with Gasteiger partial charge in [-0.1, -0.05) is 6.07 Å². The van der Waals surface area contributed by atoms with E-state index in [4.69, 9.17) is 4.74 Å². The van der Waals surface area contributed by atoms with Crippen molar-refractivity contribution in [2.24, 2.45) is 0 Å². The van der Waals surface area contributed by atoms with Gasteiger partial charge in [-0.25, -0.2) is 4.98 Å². The van der Waals surface area contributed by atoms with E-state index >= 15 is 0 Å². The number of aliphatic hydroxyl groups excluding tert-OH is 2. The first-order valence-corrected chi connectivity index (χ1v) is 12.3. The molecule has 4 N–H and O–H groups in total. The van der Waals surface area contributed by atoms with Crippen molar-refractivity contribution in [1.29, 1.82) is 0 Å². The Balaban J connectivity index is 1.32. The summed E-state index contributed by atoms with van der Waals surface area (Å²) in [7, 11) is 0. The molecule has 0 unspecified atom stereocenters. The molecule has 202 valence electrons. The van der Waals surface area contributed by atoms with Crippen LogP contribution >= 0.6 is 0 Å². The predicted octanol–water partition coefficient (Wildman–Crippen LogP) is 1.64. The number of amides is 1. The van der Waals surface area contributed by atoms with Gasteiger partial charge >= 0.3 is 6.18 Å². The highest BCUT2D eigenvalue weighted by atomic mass is 19.4. The van der Waals surface area contributed by atoms with E-state index in [0.29, 0.717) is 17.8 Å². The largest absolute Gasteiger partial charge is 0.434 e. The van der Waals surface area contributed by atoms with E-state index in [2.05, 4.69) is 39.3 Å². The molecule has 1 aromatic heterocycles. The van der Waals surface area contributed by atoms with Crippen molar-refractivity contribution in [1.82, 2.24) is 20.2 Å². The summed E-state index contributed by atoms with van der Waals surface area (Å²) in [6, 6.07) is 5.20. The minimum absolute atomic E-state index is 0.0502. The number of benzene rings is 1. The Hall–Kier alpha value is -2.80. The third kappa shape index (κ3) is 6.56. The zero-order chi connectivity index (χ0) is 26.7. The van der Waals surface area contributed by atoms with Crippen molar-refractivity contribution in [3.63, 3.8) is 0 Å². The van der Waals surface area contributed by atoms with Gasteiger partial charge in [0.05, 0.1) is 25.0 Å². The van der Waals surface area contributed by atoms with Crippen LogP contribution < -0.4 is 10.6 Å². The summed E-state index contributed by atoms with van der Waals surface area (Å²) >= 11 is 0. The van der Waals surface area contributed by atoms with E-state index in [1.807, 2.05) is 12.1 Å². The molecular weight excluding hydrogens is 491 g/mol. The molecule has 1 saturated heterocycles. The summed E-state index contributed by atoms with van der Waals surface area (Å²) in [6.07, 6.45) is -4.86. The van der Waals surface area contributed by atoms with Gasteiger partial charge in [-0.05, 0) is 49.9 Å². The fourth-order valence-corrected chi connectivity index (χ4v) is 4.65. The molecule has 1 fully saturated rings. The van der Waals surface area contributed by atoms with Crippen molar-refractivity contribution < 1.29 is 32.9 Å². The maximum Gasteiger partial charge on any atom is 0.434 e. The molecule has 9 nitrogen and oxygen atoms in total. The lowest BCUT2D eigenvalue weighted by Gasteiger charge is -2.38. The normalized spacial score (nSPS) is 24.9. The fraction of sp³-hybridized carbons (Fsp3) is 0.560. The average Bonchev–Trinajstić information content (AvgIpc) is 3.08. The standard InChI is InChI=1S/C25H32F3N5O4/c1-14(2)33-7-5-15-3-4-17(9-16(15)6-8-33)24(36)30-10-19-23(35)22(34)18(13-37-19)31-21-12-29-11-20(32-21)25(26,27)28/h3-4,9,11-12,14,18-19,22-23,34-35H,5-8,10,13H2,1-2H3,(H,30,36)(H,31,32)/t18-,19+,22+,23-/m0/s1. The molecule has 4 rings (SSSR count). The number of carbonyl (C=O) groups excluding carboxylic acids is 1. The molecule has 2 aliphatic heterocycles. The summed E-state index contributed by atoms with van der Waals surface area (Å²) in [6.45, 7) is 6.08. The number of nitrogens with zero attached hydrogens (tertiary/aromatic N) is 3. The van der Waals surface area contributed by atoms with Crippen LogP contribution in [-0.4, -0.2) is 87.6 Å². The second kappa shape index (κ2) is 11.3. The number of anilines is 1. The van der Waals surface area contributed by atoms with Crippen molar-refractivity contribution in [2.45, 2.75) is 63.3 Å². The lowest BCUT2D eigenvalue weighted by atomic mass is 9.97. The van der Waals surface area contributed by atoms with Gasteiger partial charge in [0.15, 0.2) is 5.69 Å². The molecule has 0 aliphatic carbocycles. The maximum absolute atomic E-state index is 12.9. The van der Waals surface area contributed by atoms with Gasteiger partial charge in [0, 0.05) is 31.2 Å². The van der Waals surface area contributed by atoms with E-state index in [-0.39, 0.29) is 24.9 Å². The van der Waals surface area contributed by atoms with Crippen LogP contribution in [0, 0.1) is 0 Å². The number of hydrogen-bond acceptors (Lipinski definition) is 8. The highest BCUT2D eigenvalue weighted by Gasteiger charge is 2.39. The second-order valence-corrected chi connectivity index (χ2v) is 9.71. The molecule has 2 aromatic rings. The number of halogens is 3. The zero-order valence-corrected chi connectivity index (χ0v) is 20.7. The first kappa shape index (κ1) is 27.2. The molecule has 1 amide bonds. The highest BCUT2D eigenvalue weighted by molar-refractivity contribution is 5.94. The SMILES string of the molecule is CC(C)N1CCc2ccc(C(=O)NC[C@H]3OC[C@H](Nc4cncc(C(F)(F)F)n4)[C@@H](O)[C@H]3O)cc2CC1. The number of aromatic nitrogens is 2. The molecular formula is C25H32F3N5O4. The summed E-state index contributed by atoms with van der Waals surface area (Å²) in [5, 5.41) is 26.4. The first-order valence-electron chi connectivity index (χ1n) is 12.3. The number of ether oxygens (including phenoxy) is 1. The minimum Gasteiger partial charge on any atom is -0.388 e. The molecule has 4 atom stereocenters. The van der Waals surface area contributed by atoms with Gasteiger partial charge in [0.25, 0.3) is 5.91 Å². The smallest absolute Gasteiger partial charge is 0.388 e. The number of rotatable bonds is 6. The summed E-state index contributed by atoms with van der Waals surface area (Å²) in [5.41, 5.74) is 1.70. The van der Waals surface area contributed by atoms with Crippen LogP contribution in [0.5, 0.6) is 0 Å². The third-order valence-corrected chi connectivity index (χ3v) is 6.89. The lowest BCUT2D eigenvalue weighted by molar-refractivity contribution is -0.141. The summed E-state index contributed by atoms with van der Waals surface area (Å²) in [4.78, 5) is 22.2. The number of hydrogen-bond donors (Lipinski definition) is 4. The third-order valence-electron chi connectivity index (χ3n) is 6.89. The quantitative estimate of drug-likeness (QED) is 0.451. The van der Waals surface area contributed by atoms with Gasteiger partial charge in [-0.3, -0.25) is 9.78 Å². The van der Waals surface area contributed by atoms with E-state index in [0.717, 1.165) is 37.7 Å². The maximum atomic E-state index is 12.9. The van der Waals surface area contributed by atoms with Crippen LogP contribution in [0.15, 0.2) is 30.6 Å². The van der Waals surface area contributed by atoms with Gasteiger partial charge in [-0.2, -0.15) is 13.2 Å². The van der Waals surface area contributed by atoms with E-state index in [1.54, 1.807) is 6.07 Å². The van der Waals surface area contributed by atoms with E-state index < -0.39 is 36.2 Å². The fourth-order valence-electron chi connectivity index (χ4n) is 4.65. The number of aliphatic hydroxyl groups is 2. The predicted molar refractivity (Wildman–Crippen MR) is 129 cm³/mol. The topological polar surface area (TPSA) is 120 Å². The molecule has 0 spiro atoms. The van der Waals surface area contributed by atoms with E-state index in [1.165, 1.54) is 5.56 Å². The molecule has 2 aliphatic rings. The number of fused-ring (bicyclic) bond motifs is 1. The number of nitrogens with one attached hydrogen (secondary N) is 2. The van der Waals surface area contributed by atoms with Crippen LogP contribution in [-0.2, 0) is 23.8 Å². The Labute approximate surface area is 213 Å². The average molecular weight is 524 g/mol. The molecule has 3 heterocycles. The Kier molecular flexibility index (Phi) is 8.32. The van der Waals surface area contributed by atoms with Gasteiger partial charge in [0.2, 0.25) is 0 Å². The van der Waals surface area contributed by atoms with Crippen molar-refractivity contribution in [2.75, 3.05) is 31.6 Å². The van der Waals surface area contributed by atoms with Crippen molar-refractivity contribution in [3.05, 3.63) is 53.0 Å². The summed E-state index contributed by atoms with van der Waals surface area (Å²) < 4.78 is 44.2. The molecule has 0 radical (unpaired) electrons. The van der Waals surface area contributed by atoms with Crippen LogP contribution in [0.25, 0.3) is 0 Å². The van der Waals surface area contributed by atoms with Crippen LogP contribution in [0.2, 0.25) is 0 Å². The second-order valence-electron chi connectivity index (χ2n) is 9.71. The van der Waals surface area contributed by atoms with Gasteiger partial charge in [-0.15, -0.1) is 0 Å². The van der Waals surface area contributed by atoms with E-state index in [9.17, 15) is 28.2 Å². The molecule has 37 heavy (non-hydrogen) atoms. The Morgan fingerprint density at radius 1 is 1.16 bits per heavy atom. The highest BCUT2D eigenvalue weighted by Crippen LogP contribution is 2.28. The minimum atomic E-state index is -4.67. The zero-order valence-electron chi connectivity index (χ0n) is 20.7. The monoisotopic (exact) mass is 523 g/mol. The summed E-state index contributed by atoms with van der Waals surface area (Å²) in [5.74, 6) is -0.529. The number of alkyl halides is 3. The molecule has 1 aromatic carbocycles. The van der Waals surface area contributed by atoms with Gasteiger partial charge in [0.1, 0.15) is 24.1 Å². The Morgan fingerprint density at radius 2 is 1.89 bits per heavy atom. The van der Waals surface area contributed by atoms with Crippen molar-refractivity contribution >= 4 is 11.7 Å².